The summed E-state index contributed by atoms with van der Waals surface area (Å²) in [5, 5.41) is 0. The van der Waals surface area contributed by atoms with Gasteiger partial charge in [-0.3, -0.25) is 9.69 Å². The third-order valence-electron chi connectivity index (χ3n) is 5.27. The lowest BCUT2D eigenvalue weighted by Crippen LogP contribution is -2.49. The number of hydrogen-bond donors (Lipinski definition) is 0. The van der Waals surface area contributed by atoms with Crippen molar-refractivity contribution in [1.29, 1.82) is 0 Å². The molecule has 0 saturated carbocycles. The largest absolute Gasteiger partial charge is 0.377 e. The molecule has 0 spiro atoms. The van der Waals surface area contributed by atoms with Crippen LogP contribution in [0.5, 0.6) is 0 Å². The fraction of sp³-hybridized carbons (Fsp3) is 0.938. The first kappa shape index (κ1) is 14.3. The molecule has 0 N–H and O–H groups in total. The van der Waals surface area contributed by atoms with Crippen molar-refractivity contribution >= 4 is 5.91 Å². The number of carbonyl (C=O) groups is 1. The van der Waals surface area contributed by atoms with Gasteiger partial charge in [0.25, 0.3) is 0 Å². The maximum absolute atomic E-state index is 11.8. The monoisotopic (exact) mass is 280 g/mol. The van der Waals surface area contributed by atoms with Gasteiger partial charge in [-0.15, -0.1) is 0 Å². The zero-order valence-electron chi connectivity index (χ0n) is 12.7. The Morgan fingerprint density at radius 3 is 2.60 bits per heavy atom. The smallest absolute Gasteiger partial charge is 0.219 e. The molecule has 0 aliphatic carbocycles. The van der Waals surface area contributed by atoms with Crippen molar-refractivity contribution in [3.63, 3.8) is 0 Å². The Morgan fingerprint density at radius 1 is 1.05 bits per heavy atom. The van der Waals surface area contributed by atoms with Crippen LogP contribution in [0, 0.1) is 0 Å². The average molecular weight is 280 g/mol. The van der Waals surface area contributed by atoms with Crippen molar-refractivity contribution in [3.05, 3.63) is 0 Å². The molecule has 4 heteroatoms. The number of carbonyl (C=O) groups excluding carboxylic acids is 1. The fourth-order valence-corrected chi connectivity index (χ4v) is 4.31. The van der Waals surface area contributed by atoms with Crippen LogP contribution in [0.2, 0.25) is 0 Å². The van der Waals surface area contributed by atoms with E-state index < -0.39 is 0 Å². The number of likely N-dealkylation sites (tertiary alicyclic amines) is 2. The lowest BCUT2D eigenvalue weighted by atomic mass is 10.0. The summed E-state index contributed by atoms with van der Waals surface area (Å²) in [6.45, 7) is 5.89. The molecule has 3 saturated heterocycles. The van der Waals surface area contributed by atoms with Crippen LogP contribution in [0.3, 0.4) is 0 Å². The van der Waals surface area contributed by atoms with Gasteiger partial charge in [-0.05, 0) is 51.5 Å². The predicted molar refractivity (Wildman–Crippen MR) is 78.6 cm³/mol. The zero-order chi connectivity index (χ0) is 13.9. The second-order valence-corrected chi connectivity index (χ2v) is 6.62. The standard InChI is InChI=1S/C16H28N2O2/c1-13(19)18-10-5-8-16(18)15-7-4-9-17(15)12-14-6-2-3-11-20-14/h14-16H,2-12H2,1H3/t14-,15-,16-/m1/s1. The van der Waals surface area contributed by atoms with Crippen LogP contribution in [-0.2, 0) is 9.53 Å². The van der Waals surface area contributed by atoms with Gasteiger partial charge >= 0.3 is 0 Å². The summed E-state index contributed by atoms with van der Waals surface area (Å²) in [6.07, 6.45) is 9.06. The van der Waals surface area contributed by atoms with Gasteiger partial charge in [0, 0.05) is 38.7 Å². The van der Waals surface area contributed by atoms with E-state index in [-0.39, 0.29) is 5.91 Å². The van der Waals surface area contributed by atoms with Gasteiger partial charge < -0.3 is 9.64 Å². The van der Waals surface area contributed by atoms with E-state index in [1.807, 2.05) is 0 Å². The van der Waals surface area contributed by atoms with Gasteiger partial charge in [0.2, 0.25) is 5.91 Å². The van der Waals surface area contributed by atoms with Gasteiger partial charge in [0.05, 0.1) is 6.10 Å². The minimum Gasteiger partial charge on any atom is -0.377 e. The number of nitrogens with zero attached hydrogens (tertiary/aromatic N) is 2. The Bertz CT molecular complexity index is 341. The maximum Gasteiger partial charge on any atom is 0.219 e. The number of rotatable bonds is 3. The van der Waals surface area contributed by atoms with Crippen molar-refractivity contribution in [1.82, 2.24) is 9.80 Å². The van der Waals surface area contributed by atoms with Crippen LogP contribution in [0.25, 0.3) is 0 Å². The van der Waals surface area contributed by atoms with E-state index in [2.05, 4.69) is 9.80 Å². The van der Waals surface area contributed by atoms with E-state index in [9.17, 15) is 4.79 Å². The first-order chi connectivity index (χ1) is 9.75. The van der Waals surface area contributed by atoms with Crippen LogP contribution in [0.1, 0.15) is 51.9 Å². The Morgan fingerprint density at radius 2 is 1.85 bits per heavy atom. The molecule has 3 atom stereocenters. The lowest BCUT2D eigenvalue weighted by molar-refractivity contribution is -0.130. The molecule has 0 aromatic rings. The van der Waals surface area contributed by atoms with Gasteiger partial charge in [-0.25, -0.2) is 0 Å². The summed E-state index contributed by atoms with van der Waals surface area (Å²) in [4.78, 5) is 16.5. The first-order valence-corrected chi connectivity index (χ1v) is 8.38. The summed E-state index contributed by atoms with van der Waals surface area (Å²) in [5.74, 6) is 0.258. The van der Waals surface area contributed by atoms with E-state index in [0.717, 1.165) is 19.7 Å². The van der Waals surface area contributed by atoms with Gasteiger partial charge in [0.1, 0.15) is 0 Å². The van der Waals surface area contributed by atoms with Gasteiger partial charge in [0.15, 0.2) is 0 Å². The molecular weight excluding hydrogens is 252 g/mol. The third kappa shape index (κ3) is 3.01. The van der Waals surface area contributed by atoms with Crippen LogP contribution in [0.15, 0.2) is 0 Å². The Balaban J connectivity index is 1.61. The van der Waals surface area contributed by atoms with Crippen molar-refractivity contribution < 1.29 is 9.53 Å². The maximum atomic E-state index is 11.8. The molecule has 3 fully saturated rings. The number of amides is 1. The predicted octanol–water partition coefficient (Wildman–Crippen LogP) is 2.03. The minimum atomic E-state index is 0.258. The molecule has 3 aliphatic heterocycles. The van der Waals surface area contributed by atoms with Crippen LogP contribution < -0.4 is 0 Å². The van der Waals surface area contributed by atoms with E-state index in [1.165, 1.54) is 51.5 Å². The summed E-state index contributed by atoms with van der Waals surface area (Å²) in [6, 6.07) is 1.03. The molecule has 20 heavy (non-hydrogen) atoms. The topological polar surface area (TPSA) is 32.8 Å². The Hall–Kier alpha value is -0.610. The minimum absolute atomic E-state index is 0.258. The van der Waals surface area contributed by atoms with Gasteiger partial charge in [-0.2, -0.15) is 0 Å². The molecule has 0 aromatic heterocycles. The summed E-state index contributed by atoms with van der Waals surface area (Å²) >= 11 is 0. The molecule has 3 rings (SSSR count). The molecule has 0 radical (unpaired) electrons. The molecule has 3 heterocycles. The molecule has 1 amide bonds. The van der Waals surface area contributed by atoms with Crippen molar-refractivity contribution in [3.8, 4) is 0 Å². The lowest BCUT2D eigenvalue weighted by Gasteiger charge is -2.37. The van der Waals surface area contributed by atoms with E-state index in [0.29, 0.717) is 18.2 Å². The summed E-state index contributed by atoms with van der Waals surface area (Å²) < 4.78 is 5.90. The molecule has 0 aromatic carbocycles. The summed E-state index contributed by atoms with van der Waals surface area (Å²) in [5.41, 5.74) is 0. The molecule has 0 bridgehead atoms. The van der Waals surface area contributed by atoms with Crippen molar-refractivity contribution in [2.24, 2.45) is 0 Å². The van der Waals surface area contributed by atoms with Crippen LogP contribution >= 0.6 is 0 Å². The highest BCUT2D eigenvalue weighted by Crippen LogP contribution is 2.31. The Labute approximate surface area is 122 Å². The zero-order valence-corrected chi connectivity index (χ0v) is 12.7. The van der Waals surface area contributed by atoms with Crippen molar-refractivity contribution in [2.75, 3.05) is 26.2 Å². The van der Waals surface area contributed by atoms with Crippen LogP contribution in [0.4, 0.5) is 0 Å². The normalized spacial score (nSPS) is 35.6. The quantitative estimate of drug-likeness (QED) is 0.793. The van der Waals surface area contributed by atoms with Gasteiger partial charge in [-0.1, -0.05) is 0 Å². The molecule has 4 nitrogen and oxygen atoms in total. The first-order valence-electron chi connectivity index (χ1n) is 8.38. The SMILES string of the molecule is CC(=O)N1CCC[C@@H]1[C@H]1CCCN1C[C@H]1CCCCO1. The fourth-order valence-electron chi connectivity index (χ4n) is 4.31. The highest BCUT2D eigenvalue weighted by molar-refractivity contribution is 5.74. The highest BCUT2D eigenvalue weighted by Gasteiger charge is 2.39. The highest BCUT2D eigenvalue weighted by atomic mass is 16.5. The number of ether oxygens (including phenoxy) is 1. The second-order valence-electron chi connectivity index (χ2n) is 6.62. The molecule has 0 unspecified atom stereocenters. The summed E-state index contributed by atoms with van der Waals surface area (Å²) in [7, 11) is 0. The van der Waals surface area contributed by atoms with E-state index in [4.69, 9.17) is 4.74 Å². The van der Waals surface area contributed by atoms with E-state index in [1.54, 1.807) is 6.92 Å². The Kier molecular flexibility index (Phi) is 4.61. The van der Waals surface area contributed by atoms with E-state index >= 15 is 0 Å². The molecule has 114 valence electrons. The molecular formula is C16H28N2O2. The number of hydrogen-bond acceptors (Lipinski definition) is 3. The second kappa shape index (κ2) is 6.44. The average Bonchev–Trinajstić information content (AvgIpc) is 3.07. The molecule has 3 aliphatic rings. The van der Waals surface area contributed by atoms with Crippen molar-refractivity contribution in [2.45, 2.75) is 70.1 Å². The van der Waals surface area contributed by atoms with Crippen LogP contribution in [-0.4, -0.2) is 60.1 Å². The third-order valence-corrected chi connectivity index (χ3v) is 5.27.